The lowest BCUT2D eigenvalue weighted by Crippen LogP contribution is -2.04. The number of hydrogen-bond acceptors (Lipinski definition) is 4. The van der Waals surface area contributed by atoms with Crippen molar-refractivity contribution in [3.8, 4) is 0 Å². The van der Waals surface area contributed by atoms with E-state index < -0.39 is 11.6 Å². The summed E-state index contributed by atoms with van der Waals surface area (Å²) in [4.78, 5) is 11.7. The first-order valence-corrected chi connectivity index (χ1v) is 6.01. The Kier molecular flexibility index (Phi) is 3.71. The number of carbonyl (C=O) groups excluding carboxylic acids is 1. The van der Waals surface area contributed by atoms with Crippen molar-refractivity contribution in [1.29, 1.82) is 0 Å². The van der Waals surface area contributed by atoms with Crippen LogP contribution in [0.1, 0.15) is 10.4 Å². The summed E-state index contributed by atoms with van der Waals surface area (Å²) in [5, 5.41) is 8.06. The number of aryl methyl sites for hydroxylation is 1. The highest BCUT2D eigenvalue weighted by Gasteiger charge is 2.11. The number of halogens is 2. The van der Waals surface area contributed by atoms with Gasteiger partial charge in [-0.25, -0.2) is 8.78 Å². The van der Waals surface area contributed by atoms with Crippen LogP contribution in [0.4, 0.5) is 8.78 Å². The molecule has 1 aromatic heterocycles. The van der Waals surface area contributed by atoms with Crippen LogP contribution in [-0.2, 0) is 7.05 Å². The standard InChI is InChI=1S/C11H9F2N3OS/c1-16-6-14-15-11(16)18-5-10(17)7-2-3-8(12)9(13)4-7/h2-4,6H,5H2,1H3. The Morgan fingerprint density at radius 3 is 2.78 bits per heavy atom. The Morgan fingerprint density at radius 1 is 1.39 bits per heavy atom. The van der Waals surface area contributed by atoms with E-state index in [0.29, 0.717) is 5.16 Å². The zero-order valence-corrected chi connectivity index (χ0v) is 10.2. The molecule has 0 aliphatic carbocycles. The average Bonchev–Trinajstić information content (AvgIpc) is 2.75. The van der Waals surface area contributed by atoms with E-state index in [1.54, 1.807) is 11.6 Å². The lowest BCUT2D eigenvalue weighted by atomic mass is 10.1. The van der Waals surface area contributed by atoms with Gasteiger partial charge in [0, 0.05) is 12.6 Å². The smallest absolute Gasteiger partial charge is 0.191 e. The number of Topliss-reactive ketones (excluding diaryl/α,β-unsaturated/α-hetero) is 1. The van der Waals surface area contributed by atoms with E-state index in [1.807, 2.05) is 0 Å². The molecule has 0 aliphatic rings. The van der Waals surface area contributed by atoms with Crippen LogP contribution < -0.4 is 0 Å². The first-order chi connectivity index (χ1) is 8.58. The van der Waals surface area contributed by atoms with Gasteiger partial charge in [0.2, 0.25) is 0 Å². The maximum Gasteiger partial charge on any atom is 0.191 e. The third-order valence-electron chi connectivity index (χ3n) is 2.24. The number of nitrogens with zero attached hydrogens (tertiary/aromatic N) is 3. The predicted molar refractivity (Wildman–Crippen MR) is 62.4 cm³/mol. The molecule has 7 heteroatoms. The van der Waals surface area contributed by atoms with Crippen LogP contribution in [0.2, 0.25) is 0 Å². The molecule has 0 N–H and O–H groups in total. The third-order valence-corrected chi connectivity index (χ3v) is 3.28. The minimum absolute atomic E-state index is 0.0948. The summed E-state index contributed by atoms with van der Waals surface area (Å²) in [5.74, 6) is -2.18. The number of rotatable bonds is 4. The Balaban J connectivity index is 2.04. The number of ketones is 1. The summed E-state index contributed by atoms with van der Waals surface area (Å²) >= 11 is 1.19. The number of carbonyl (C=O) groups is 1. The van der Waals surface area contributed by atoms with E-state index in [0.717, 1.165) is 12.1 Å². The van der Waals surface area contributed by atoms with E-state index in [1.165, 1.54) is 24.2 Å². The van der Waals surface area contributed by atoms with Gasteiger partial charge in [-0.2, -0.15) is 0 Å². The molecule has 0 fully saturated rings. The summed E-state index contributed by atoms with van der Waals surface area (Å²) in [6.07, 6.45) is 1.52. The largest absolute Gasteiger partial charge is 0.312 e. The maximum absolute atomic E-state index is 13.0. The second kappa shape index (κ2) is 5.26. The van der Waals surface area contributed by atoms with E-state index in [4.69, 9.17) is 0 Å². The summed E-state index contributed by atoms with van der Waals surface area (Å²) in [6, 6.07) is 3.10. The Labute approximate surface area is 106 Å². The molecule has 4 nitrogen and oxygen atoms in total. The van der Waals surface area contributed by atoms with Gasteiger partial charge in [0.25, 0.3) is 0 Å². The number of hydrogen-bond donors (Lipinski definition) is 0. The van der Waals surface area contributed by atoms with E-state index >= 15 is 0 Å². The van der Waals surface area contributed by atoms with Crippen molar-refractivity contribution in [3.05, 3.63) is 41.7 Å². The number of benzene rings is 1. The first kappa shape index (κ1) is 12.7. The Morgan fingerprint density at radius 2 is 2.17 bits per heavy atom. The van der Waals surface area contributed by atoms with Gasteiger partial charge in [-0.1, -0.05) is 11.8 Å². The van der Waals surface area contributed by atoms with Crippen molar-refractivity contribution in [2.75, 3.05) is 5.75 Å². The van der Waals surface area contributed by atoms with Crippen molar-refractivity contribution in [3.63, 3.8) is 0 Å². The SMILES string of the molecule is Cn1cnnc1SCC(=O)c1ccc(F)c(F)c1. The molecule has 0 saturated heterocycles. The molecule has 0 bridgehead atoms. The van der Waals surface area contributed by atoms with Crippen molar-refractivity contribution >= 4 is 17.5 Å². The molecule has 0 unspecified atom stereocenters. The second-order valence-corrected chi connectivity index (χ2v) is 4.51. The molecule has 0 aliphatic heterocycles. The van der Waals surface area contributed by atoms with Crippen molar-refractivity contribution in [2.45, 2.75) is 5.16 Å². The molecular weight excluding hydrogens is 260 g/mol. The Bertz CT molecular complexity index is 585. The van der Waals surface area contributed by atoms with Crippen LogP contribution in [0, 0.1) is 11.6 Å². The van der Waals surface area contributed by atoms with Crippen molar-refractivity contribution in [1.82, 2.24) is 14.8 Å². The van der Waals surface area contributed by atoms with Crippen LogP contribution in [0.5, 0.6) is 0 Å². The van der Waals surface area contributed by atoms with Gasteiger partial charge < -0.3 is 4.57 Å². The van der Waals surface area contributed by atoms with Gasteiger partial charge in [0.15, 0.2) is 22.6 Å². The zero-order valence-electron chi connectivity index (χ0n) is 9.43. The average molecular weight is 269 g/mol. The van der Waals surface area contributed by atoms with Crippen molar-refractivity contribution in [2.24, 2.45) is 7.05 Å². The fourth-order valence-corrected chi connectivity index (χ4v) is 2.07. The van der Waals surface area contributed by atoms with Crippen LogP contribution >= 0.6 is 11.8 Å². The highest BCUT2D eigenvalue weighted by molar-refractivity contribution is 7.99. The van der Waals surface area contributed by atoms with E-state index in [2.05, 4.69) is 10.2 Å². The predicted octanol–water partition coefficient (Wildman–Crippen LogP) is 2.07. The second-order valence-electron chi connectivity index (χ2n) is 3.57. The normalized spacial score (nSPS) is 10.6. The molecule has 0 spiro atoms. The van der Waals surface area contributed by atoms with Gasteiger partial charge in [0.05, 0.1) is 5.75 Å². The summed E-state index contributed by atoms with van der Waals surface area (Å²) in [5.41, 5.74) is 0.142. The van der Waals surface area contributed by atoms with Gasteiger partial charge in [0.1, 0.15) is 6.33 Å². The Hall–Kier alpha value is -1.76. The summed E-state index contributed by atoms with van der Waals surface area (Å²) in [6.45, 7) is 0. The molecule has 18 heavy (non-hydrogen) atoms. The highest BCUT2D eigenvalue weighted by Crippen LogP contribution is 2.16. The molecule has 0 saturated carbocycles. The monoisotopic (exact) mass is 269 g/mol. The molecule has 94 valence electrons. The summed E-state index contributed by atoms with van der Waals surface area (Å²) < 4.78 is 27.3. The highest BCUT2D eigenvalue weighted by atomic mass is 32.2. The quantitative estimate of drug-likeness (QED) is 0.629. The summed E-state index contributed by atoms with van der Waals surface area (Å²) in [7, 11) is 1.75. The van der Waals surface area contributed by atoms with Crippen molar-refractivity contribution < 1.29 is 13.6 Å². The fraction of sp³-hybridized carbons (Fsp3) is 0.182. The molecular formula is C11H9F2N3OS. The number of thioether (sulfide) groups is 1. The van der Waals surface area contributed by atoms with Crippen LogP contribution in [-0.4, -0.2) is 26.3 Å². The molecule has 0 atom stereocenters. The fourth-order valence-electron chi connectivity index (χ4n) is 1.29. The molecule has 1 heterocycles. The van der Waals surface area contributed by atoms with Gasteiger partial charge in [-0.15, -0.1) is 10.2 Å². The number of aromatic nitrogens is 3. The topological polar surface area (TPSA) is 47.8 Å². The lowest BCUT2D eigenvalue weighted by Gasteiger charge is -2.01. The van der Waals surface area contributed by atoms with Crippen LogP contribution in [0.25, 0.3) is 0 Å². The first-order valence-electron chi connectivity index (χ1n) is 5.03. The van der Waals surface area contributed by atoms with Gasteiger partial charge in [-0.3, -0.25) is 4.79 Å². The zero-order chi connectivity index (χ0) is 13.1. The minimum atomic E-state index is -1.02. The van der Waals surface area contributed by atoms with E-state index in [9.17, 15) is 13.6 Å². The molecule has 0 radical (unpaired) electrons. The molecule has 2 rings (SSSR count). The lowest BCUT2D eigenvalue weighted by molar-refractivity contribution is 0.102. The van der Waals surface area contributed by atoms with Crippen LogP contribution in [0.3, 0.4) is 0 Å². The molecule has 0 amide bonds. The minimum Gasteiger partial charge on any atom is -0.312 e. The van der Waals surface area contributed by atoms with E-state index in [-0.39, 0.29) is 17.1 Å². The third kappa shape index (κ3) is 2.73. The molecule has 1 aromatic carbocycles. The van der Waals surface area contributed by atoms with Crippen LogP contribution in [0.15, 0.2) is 29.7 Å². The maximum atomic E-state index is 13.0. The molecule has 2 aromatic rings. The van der Waals surface area contributed by atoms with Gasteiger partial charge >= 0.3 is 0 Å². The van der Waals surface area contributed by atoms with Gasteiger partial charge in [-0.05, 0) is 18.2 Å².